The number of para-hydroxylation sites is 1. The van der Waals surface area contributed by atoms with Crippen LogP contribution in [0.4, 0.5) is 5.69 Å². The Balaban J connectivity index is 2.27. The summed E-state index contributed by atoms with van der Waals surface area (Å²) in [5.74, 6) is 0. The van der Waals surface area contributed by atoms with Gasteiger partial charge in [-0.05, 0) is 56.0 Å². The molecule has 0 radical (unpaired) electrons. The van der Waals surface area contributed by atoms with Crippen LogP contribution in [-0.2, 0) is 0 Å². The molecule has 2 rings (SSSR count). The van der Waals surface area contributed by atoms with E-state index >= 15 is 0 Å². The van der Waals surface area contributed by atoms with Crippen LogP contribution >= 0.6 is 9.24 Å². The van der Waals surface area contributed by atoms with Gasteiger partial charge < -0.3 is 5.32 Å². The molecule has 0 saturated heterocycles. The molecule has 0 aliphatic heterocycles. The fraction of sp³-hybridized carbons (Fsp3) is 0.500. The fourth-order valence-corrected chi connectivity index (χ4v) is 3.14. The molecule has 0 fully saturated rings. The lowest BCUT2D eigenvalue weighted by Crippen LogP contribution is -2.18. The minimum absolute atomic E-state index is 0.946. The molecule has 1 N–H and O–H groups in total. The van der Waals surface area contributed by atoms with Crippen LogP contribution in [0.15, 0.2) is 34.2 Å². The van der Waals surface area contributed by atoms with Gasteiger partial charge in [-0.2, -0.15) is 0 Å². The number of allylic oxidation sites excluding steroid dienone is 2. The quantitative estimate of drug-likeness (QED) is 0.584. The van der Waals surface area contributed by atoms with Crippen LogP contribution in [0.3, 0.4) is 0 Å². The van der Waals surface area contributed by atoms with E-state index in [1.165, 1.54) is 52.8 Å². The van der Waals surface area contributed by atoms with Gasteiger partial charge in [-0.25, -0.2) is 0 Å². The second kappa shape index (κ2) is 7.75. The Morgan fingerprint density at radius 1 is 1.19 bits per heavy atom. The van der Waals surface area contributed by atoms with E-state index < -0.39 is 0 Å². The molecule has 1 atom stereocenters. The summed E-state index contributed by atoms with van der Waals surface area (Å²) in [6.07, 6.45) is 5.82. The van der Waals surface area contributed by atoms with Crippen molar-refractivity contribution in [1.82, 2.24) is 0 Å². The van der Waals surface area contributed by atoms with Crippen LogP contribution in [0.25, 0.3) is 0 Å². The average Bonchev–Trinajstić information content (AvgIpc) is 2.45. The second-order valence-corrected chi connectivity index (χ2v) is 6.52. The molecule has 1 aromatic carbocycles. The van der Waals surface area contributed by atoms with Crippen LogP contribution in [0.1, 0.15) is 50.2 Å². The predicted molar refractivity (Wildman–Crippen MR) is 97.3 cm³/mol. The summed E-state index contributed by atoms with van der Waals surface area (Å²) in [5, 5.41) is 5.03. The molecular formula is C18H27N2P. The number of unbranched alkanes of at least 4 members (excludes halogenated alkanes) is 1. The van der Waals surface area contributed by atoms with E-state index in [0.717, 1.165) is 19.4 Å². The van der Waals surface area contributed by atoms with E-state index in [-0.39, 0.29) is 0 Å². The molecule has 0 spiro atoms. The summed E-state index contributed by atoms with van der Waals surface area (Å²) in [5.41, 5.74) is 6.30. The highest BCUT2D eigenvalue weighted by atomic mass is 31.0. The molecule has 114 valence electrons. The van der Waals surface area contributed by atoms with Crippen molar-refractivity contribution in [3.63, 3.8) is 0 Å². The monoisotopic (exact) mass is 302 g/mol. The molecule has 0 heterocycles. The van der Waals surface area contributed by atoms with E-state index in [4.69, 9.17) is 4.99 Å². The highest BCUT2D eigenvalue weighted by Gasteiger charge is 2.17. The average molecular weight is 302 g/mol. The minimum atomic E-state index is 0.946. The molecule has 3 heteroatoms. The second-order valence-electron chi connectivity index (χ2n) is 5.83. The Bertz CT molecular complexity index is 538. The number of anilines is 1. The van der Waals surface area contributed by atoms with E-state index in [0.29, 0.717) is 0 Å². The van der Waals surface area contributed by atoms with Gasteiger partial charge in [0.2, 0.25) is 0 Å². The molecule has 1 aliphatic carbocycles. The summed E-state index contributed by atoms with van der Waals surface area (Å²) in [6.45, 7) is 7.49. The van der Waals surface area contributed by atoms with Crippen molar-refractivity contribution in [2.75, 3.05) is 11.9 Å². The van der Waals surface area contributed by atoms with Crippen molar-refractivity contribution in [2.24, 2.45) is 4.99 Å². The highest BCUT2D eigenvalue weighted by molar-refractivity contribution is 7.22. The zero-order chi connectivity index (χ0) is 15.2. The Morgan fingerprint density at radius 3 is 2.57 bits per heavy atom. The first-order chi connectivity index (χ1) is 10.1. The lowest BCUT2D eigenvalue weighted by Gasteiger charge is -2.23. The molecule has 1 aliphatic rings. The molecule has 0 amide bonds. The van der Waals surface area contributed by atoms with E-state index in [1.807, 2.05) is 0 Å². The molecule has 0 aromatic heterocycles. The number of hydrogen-bond acceptors (Lipinski definition) is 2. The fourth-order valence-electron chi connectivity index (χ4n) is 2.70. The van der Waals surface area contributed by atoms with Gasteiger partial charge >= 0.3 is 0 Å². The zero-order valence-electron chi connectivity index (χ0n) is 13.5. The van der Waals surface area contributed by atoms with Crippen molar-refractivity contribution in [1.29, 1.82) is 0 Å². The Labute approximate surface area is 131 Å². The minimum Gasteiger partial charge on any atom is -0.353 e. The van der Waals surface area contributed by atoms with Crippen LogP contribution in [0.5, 0.6) is 0 Å². The third kappa shape index (κ3) is 4.17. The van der Waals surface area contributed by atoms with Gasteiger partial charge in [0.15, 0.2) is 0 Å². The lowest BCUT2D eigenvalue weighted by molar-refractivity contribution is 0.793. The van der Waals surface area contributed by atoms with Gasteiger partial charge in [-0.1, -0.05) is 31.5 Å². The van der Waals surface area contributed by atoms with E-state index in [9.17, 15) is 0 Å². The molecular weight excluding hydrogens is 275 g/mol. The van der Waals surface area contributed by atoms with Crippen molar-refractivity contribution in [3.8, 4) is 0 Å². The van der Waals surface area contributed by atoms with Crippen molar-refractivity contribution < 1.29 is 0 Å². The van der Waals surface area contributed by atoms with Crippen LogP contribution < -0.4 is 5.32 Å². The summed E-state index contributed by atoms with van der Waals surface area (Å²) < 4.78 is 0. The van der Waals surface area contributed by atoms with Gasteiger partial charge in [0, 0.05) is 12.2 Å². The third-order valence-corrected chi connectivity index (χ3v) is 4.59. The first-order valence-corrected chi connectivity index (χ1v) is 8.56. The van der Waals surface area contributed by atoms with Gasteiger partial charge in [0.1, 0.15) is 0 Å². The summed E-state index contributed by atoms with van der Waals surface area (Å²) in [7, 11) is 2.91. The summed E-state index contributed by atoms with van der Waals surface area (Å²) >= 11 is 0. The largest absolute Gasteiger partial charge is 0.353 e. The Morgan fingerprint density at radius 2 is 1.90 bits per heavy atom. The van der Waals surface area contributed by atoms with Crippen molar-refractivity contribution in [2.45, 2.75) is 52.9 Å². The van der Waals surface area contributed by atoms with Crippen molar-refractivity contribution >= 4 is 20.6 Å². The van der Waals surface area contributed by atoms with Crippen LogP contribution in [-0.4, -0.2) is 12.3 Å². The Kier molecular flexibility index (Phi) is 5.99. The van der Waals surface area contributed by atoms with Gasteiger partial charge in [0.05, 0.1) is 11.4 Å². The standard InChI is InChI=1S/C18H27N2P/c1-4-5-12-19-15-10-7-11-16(21)18(15)20-17-13(2)8-6-9-14(17)3/h6,8-9,20H,4-5,7,10-12,21H2,1-3H3/b19-15+. The van der Waals surface area contributed by atoms with Gasteiger partial charge in [-0.3, -0.25) is 4.99 Å². The maximum absolute atomic E-state index is 4.84. The molecule has 1 aromatic rings. The van der Waals surface area contributed by atoms with Crippen molar-refractivity contribution in [3.05, 3.63) is 40.3 Å². The maximum Gasteiger partial charge on any atom is 0.0630 e. The molecule has 2 nitrogen and oxygen atoms in total. The SMILES string of the molecule is CCCC/N=C1\CCCC(P)=C1Nc1c(C)cccc1C. The highest BCUT2D eigenvalue weighted by Crippen LogP contribution is 2.31. The van der Waals surface area contributed by atoms with Gasteiger partial charge in [0.25, 0.3) is 0 Å². The molecule has 1 unspecified atom stereocenters. The normalized spacial score (nSPS) is 17.4. The zero-order valence-corrected chi connectivity index (χ0v) is 14.7. The topological polar surface area (TPSA) is 24.4 Å². The number of benzene rings is 1. The third-order valence-electron chi connectivity index (χ3n) is 4.01. The lowest BCUT2D eigenvalue weighted by atomic mass is 10.0. The first kappa shape index (κ1) is 16.2. The number of nitrogens with zero attached hydrogens (tertiary/aromatic N) is 1. The molecule has 0 bridgehead atoms. The first-order valence-electron chi connectivity index (χ1n) is 7.99. The number of rotatable bonds is 5. The molecule has 0 saturated carbocycles. The van der Waals surface area contributed by atoms with Crippen LogP contribution in [0.2, 0.25) is 0 Å². The van der Waals surface area contributed by atoms with Gasteiger partial charge in [-0.15, -0.1) is 9.24 Å². The number of aryl methyl sites for hydroxylation is 2. The Hall–Kier alpha value is -1.14. The molecule has 21 heavy (non-hydrogen) atoms. The number of hydrogen-bond donors (Lipinski definition) is 1. The van der Waals surface area contributed by atoms with E-state index in [2.05, 4.69) is 53.5 Å². The summed E-state index contributed by atoms with van der Waals surface area (Å²) in [6, 6.07) is 6.44. The smallest absolute Gasteiger partial charge is 0.0630 e. The maximum atomic E-state index is 4.84. The number of nitrogens with one attached hydrogen (secondary N) is 1. The van der Waals surface area contributed by atoms with Crippen LogP contribution in [0, 0.1) is 13.8 Å². The summed E-state index contributed by atoms with van der Waals surface area (Å²) in [4.78, 5) is 4.84. The number of aliphatic imine (C=N–C) groups is 1. The van der Waals surface area contributed by atoms with E-state index in [1.54, 1.807) is 0 Å². The predicted octanol–water partition coefficient (Wildman–Crippen LogP) is 5.23.